The van der Waals surface area contributed by atoms with Crippen molar-refractivity contribution in [3.05, 3.63) is 35.9 Å². The van der Waals surface area contributed by atoms with Gasteiger partial charge >= 0.3 is 0 Å². The summed E-state index contributed by atoms with van der Waals surface area (Å²) in [6.45, 7) is 5.13. The first kappa shape index (κ1) is 13.2. The highest BCUT2D eigenvalue weighted by atomic mass is 15.0. The zero-order valence-electron chi connectivity index (χ0n) is 10.4. The van der Waals surface area contributed by atoms with Gasteiger partial charge in [0.25, 0.3) is 0 Å². The molecule has 0 aliphatic rings. The highest BCUT2D eigenvalue weighted by molar-refractivity contribution is 5.18. The average Bonchev–Trinajstić information content (AvgIpc) is 2.35. The fourth-order valence-corrected chi connectivity index (χ4v) is 1.91. The summed E-state index contributed by atoms with van der Waals surface area (Å²) in [6, 6.07) is 11.3. The van der Waals surface area contributed by atoms with Crippen LogP contribution in [-0.2, 0) is 0 Å². The van der Waals surface area contributed by atoms with Crippen LogP contribution in [0.2, 0.25) is 0 Å². The molecular formula is C14H24N2. The summed E-state index contributed by atoms with van der Waals surface area (Å²) in [5.41, 5.74) is 7.11. The first-order chi connectivity index (χ1) is 7.77. The topological polar surface area (TPSA) is 38.0 Å². The van der Waals surface area contributed by atoms with Crippen molar-refractivity contribution in [2.75, 3.05) is 6.54 Å². The van der Waals surface area contributed by atoms with E-state index in [0.717, 1.165) is 6.54 Å². The average molecular weight is 220 g/mol. The van der Waals surface area contributed by atoms with Crippen LogP contribution in [-0.4, -0.2) is 12.6 Å². The van der Waals surface area contributed by atoms with Crippen molar-refractivity contribution in [3.63, 3.8) is 0 Å². The Morgan fingerprint density at radius 2 is 1.94 bits per heavy atom. The van der Waals surface area contributed by atoms with Gasteiger partial charge in [-0.15, -0.1) is 0 Å². The van der Waals surface area contributed by atoms with E-state index in [1.165, 1.54) is 24.8 Å². The van der Waals surface area contributed by atoms with E-state index >= 15 is 0 Å². The van der Waals surface area contributed by atoms with Crippen LogP contribution in [0.5, 0.6) is 0 Å². The number of rotatable bonds is 7. The van der Waals surface area contributed by atoms with E-state index in [1.807, 2.05) is 6.07 Å². The minimum Gasteiger partial charge on any atom is -0.329 e. The van der Waals surface area contributed by atoms with Crippen molar-refractivity contribution >= 4 is 0 Å². The summed E-state index contributed by atoms with van der Waals surface area (Å²) in [4.78, 5) is 0. The highest BCUT2D eigenvalue weighted by Crippen LogP contribution is 2.13. The van der Waals surface area contributed by atoms with E-state index in [0.29, 0.717) is 12.1 Å². The predicted octanol–water partition coefficient (Wildman–Crippen LogP) is 2.85. The maximum absolute atomic E-state index is 5.78. The Bertz CT molecular complexity index is 271. The molecule has 0 aromatic heterocycles. The normalized spacial score (nSPS) is 14.7. The van der Waals surface area contributed by atoms with E-state index in [2.05, 4.69) is 43.4 Å². The molecule has 1 aromatic rings. The Kier molecular flexibility index (Phi) is 6.12. The molecule has 0 saturated heterocycles. The van der Waals surface area contributed by atoms with Gasteiger partial charge in [-0.05, 0) is 18.9 Å². The molecule has 1 aromatic carbocycles. The molecule has 16 heavy (non-hydrogen) atoms. The third-order valence-corrected chi connectivity index (χ3v) is 2.98. The molecule has 2 nitrogen and oxygen atoms in total. The summed E-state index contributed by atoms with van der Waals surface area (Å²) in [6.07, 6.45) is 3.65. The molecule has 0 fully saturated rings. The van der Waals surface area contributed by atoms with Gasteiger partial charge in [0.2, 0.25) is 0 Å². The summed E-state index contributed by atoms with van der Waals surface area (Å²) in [5, 5.41) is 3.59. The van der Waals surface area contributed by atoms with Gasteiger partial charge in [0.05, 0.1) is 0 Å². The van der Waals surface area contributed by atoms with Gasteiger partial charge in [0.1, 0.15) is 0 Å². The minimum atomic E-state index is 0.381. The SMILES string of the molecule is CCCCC(CN)NC(C)c1ccccc1. The lowest BCUT2D eigenvalue weighted by Gasteiger charge is -2.22. The zero-order chi connectivity index (χ0) is 11.8. The second-order valence-corrected chi connectivity index (χ2v) is 4.37. The molecule has 0 radical (unpaired) electrons. The Balaban J connectivity index is 2.45. The number of nitrogens with one attached hydrogen (secondary N) is 1. The van der Waals surface area contributed by atoms with E-state index in [4.69, 9.17) is 5.73 Å². The fourth-order valence-electron chi connectivity index (χ4n) is 1.91. The summed E-state index contributed by atoms with van der Waals surface area (Å²) < 4.78 is 0. The fraction of sp³-hybridized carbons (Fsp3) is 0.571. The van der Waals surface area contributed by atoms with Crippen molar-refractivity contribution in [1.29, 1.82) is 0 Å². The van der Waals surface area contributed by atoms with Gasteiger partial charge in [-0.1, -0.05) is 50.1 Å². The second kappa shape index (κ2) is 7.42. The van der Waals surface area contributed by atoms with Crippen molar-refractivity contribution in [2.45, 2.75) is 45.2 Å². The largest absolute Gasteiger partial charge is 0.329 e. The van der Waals surface area contributed by atoms with Crippen LogP contribution < -0.4 is 11.1 Å². The number of hydrogen-bond acceptors (Lipinski definition) is 2. The van der Waals surface area contributed by atoms with Crippen LogP contribution in [0.4, 0.5) is 0 Å². The van der Waals surface area contributed by atoms with E-state index in [1.54, 1.807) is 0 Å². The zero-order valence-corrected chi connectivity index (χ0v) is 10.4. The quantitative estimate of drug-likeness (QED) is 0.741. The third kappa shape index (κ3) is 4.33. The molecule has 0 bridgehead atoms. The summed E-state index contributed by atoms with van der Waals surface area (Å²) >= 11 is 0. The van der Waals surface area contributed by atoms with Crippen LogP contribution in [0.15, 0.2) is 30.3 Å². The lowest BCUT2D eigenvalue weighted by Crippen LogP contribution is -2.37. The van der Waals surface area contributed by atoms with Crippen LogP contribution in [0.3, 0.4) is 0 Å². The first-order valence-electron chi connectivity index (χ1n) is 6.29. The van der Waals surface area contributed by atoms with Crippen molar-refractivity contribution in [2.24, 2.45) is 5.73 Å². The van der Waals surface area contributed by atoms with Crippen molar-refractivity contribution < 1.29 is 0 Å². The van der Waals surface area contributed by atoms with Crippen molar-refractivity contribution in [1.82, 2.24) is 5.32 Å². The molecule has 90 valence electrons. The summed E-state index contributed by atoms with van der Waals surface area (Å²) in [7, 11) is 0. The van der Waals surface area contributed by atoms with Gasteiger partial charge in [0.15, 0.2) is 0 Å². The van der Waals surface area contributed by atoms with Gasteiger partial charge in [0, 0.05) is 18.6 Å². The van der Waals surface area contributed by atoms with Gasteiger partial charge in [-0.3, -0.25) is 0 Å². The molecule has 1 rings (SSSR count). The van der Waals surface area contributed by atoms with Gasteiger partial charge in [-0.25, -0.2) is 0 Å². The van der Waals surface area contributed by atoms with Crippen LogP contribution in [0.1, 0.15) is 44.7 Å². The van der Waals surface area contributed by atoms with Crippen LogP contribution in [0.25, 0.3) is 0 Å². The second-order valence-electron chi connectivity index (χ2n) is 4.37. The molecule has 2 heteroatoms. The molecule has 0 heterocycles. The molecule has 0 spiro atoms. The highest BCUT2D eigenvalue weighted by Gasteiger charge is 2.10. The first-order valence-corrected chi connectivity index (χ1v) is 6.29. The number of benzene rings is 1. The van der Waals surface area contributed by atoms with E-state index in [9.17, 15) is 0 Å². The smallest absolute Gasteiger partial charge is 0.0294 e. The molecule has 0 aliphatic heterocycles. The minimum absolute atomic E-state index is 0.381. The molecule has 2 atom stereocenters. The molecule has 0 amide bonds. The molecule has 2 unspecified atom stereocenters. The molecule has 0 saturated carbocycles. The molecule has 0 aliphatic carbocycles. The monoisotopic (exact) mass is 220 g/mol. The third-order valence-electron chi connectivity index (χ3n) is 2.98. The van der Waals surface area contributed by atoms with Crippen LogP contribution in [0, 0.1) is 0 Å². The maximum Gasteiger partial charge on any atom is 0.0294 e. The van der Waals surface area contributed by atoms with Crippen molar-refractivity contribution in [3.8, 4) is 0 Å². The Morgan fingerprint density at radius 3 is 2.50 bits per heavy atom. The van der Waals surface area contributed by atoms with E-state index < -0.39 is 0 Å². The van der Waals surface area contributed by atoms with E-state index in [-0.39, 0.29) is 0 Å². The lowest BCUT2D eigenvalue weighted by atomic mass is 10.1. The van der Waals surface area contributed by atoms with Gasteiger partial charge < -0.3 is 11.1 Å². The standard InChI is InChI=1S/C14H24N2/c1-3-4-10-14(11-15)16-12(2)13-8-6-5-7-9-13/h5-9,12,14,16H,3-4,10-11,15H2,1-2H3. The lowest BCUT2D eigenvalue weighted by molar-refractivity contribution is 0.425. The number of hydrogen-bond donors (Lipinski definition) is 2. The maximum atomic E-state index is 5.78. The molecule has 3 N–H and O–H groups in total. The molecular weight excluding hydrogens is 196 g/mol. The Labute approximate surface area is 99.2 Å². The van der Waals surface area contributed by atoms with Gasteiger partial charge in [-0.2, -0.15) is 0 Å². The predicted molar refractivity (Wildman–Crippen MR) is 70.4 cm³/mol. The Hall–Kier alpha value is -0.860. The summed E-state index contributed by atoms with van der Waals surface area (Å²) in [5.74, 6) is 0. The number of unbranched alkanes of at least 4 members (excludes halogenated alkanes) is 1. The number of nitrogens with two attached hydrogens (primary N) is 1. The Morgan fingerprint density at radius 1 is 1.25 bits per heavy atom. The van der Waals surface area contributed by atoms with Crippen LogP contribution >= 0.6 is 0 Å².